The van der Waals surface area contributed by atoms with Crippen LogP contribution < -0.4 is 10.2 Å². The third-order valence-corrected chi connectivity index (χ3v) is 2.94. The minimum absolute atomic E-state index is 0.101. The molecule has 2 aromatic carbocycles. The fourth-order valence-corrected chi connectivity index (χ4v) is 1.74. The van der Waals surface area contributed by atoms with Gasteiger partial charge in [-0.15, -0.1) is 0 Å². The van der Waals surface area contributed by atoms with E-state index >= 15 is 0 Å². The minimum Gasteiger partial charge on any atom is -0.457 e. The third-order valence-electron chi connectivity index (χ3n) is 2.69. The summed E-state index contributed by atoms with van der Waals surface area (Å²) in [6.07, 6.45) is 3.78. The highest BCUT2D eigenvalue weighted by atomic mass is 35.5. The summed E-state index contributed by atoms with van der Waals surface area (Å²) in [5, 5.41) is 9.43. The molecule has 3 nitrogen and oxygen atoms in total. The standard InChI is InChI=1S/C16H16ClNO2/c1-12(18-19)5-6-13-3-2-4-16(11-13)20-15-9-7-14(17)8-10-15/h2-12,18-19H,1H3. The van der Waals surface area contributed by atoms with Gasteiger partial charge in [0, 0.05) is 11.1 Å². The van der Waals surface area contributed by atoms with E-state index in [1.165, 1.54) is 0 Å². The van der Waals surface area contributed by atoms with E-state index in [1.54, 1.807) is 12.1 Å². The van der Waals surface area contributed by atoms with Crippen molar-refractivity contribution in [1.82, 2.24) is 5.48 Å². The van der Waals surface area contributed by atoms with Crippen LogP contribution in [0, 0.1) is 0 Å². The highest BCUT2D eigenvalue weighted by Crippen LogP contribution is 2.24. The molecule has 0 heterocycles. The predicted molar refractivity (Wildman–Crippen MR) is 81.4 cm³/mol. The fraction of sp³-hybridized carbons (Fsp3) is 0.125. The monoisotopic (exact) mass is 289 g/mol. The van der Waals surface area contributed by atoms with Crippen LogP contribution in [0.15, 0.2) is 54.6 Å². The van der Waals surface area contributed by atoms with Gasteiger partial charge < -0.3 is 9.94 Å². The van der Waals surface area contributed by atoms with Gasteiger partial charge in [-0.1, -0.05) is 35.9 Å². The van der Waals surface area contributed by atoms with Crippen LogP contribution >= 0.6 is 11.6 Å². The number of hydrogen-bond acceptors (Lipinski definition) is 3. The molecule has 2 N–H and O–H groups in total. The number of ether oxygens (including phenoxy) is 1. The maximum absolute atomic E-state index is 8.75. The Bertz CT molecular complexity index is 581. The van der Waals surface area contributed by atoms with Crippen LogP contribution in [0.3, 0.4) is 0 Å². The Balaban J connectivity index is 2.09. The van der Waals surface area contributed by atoms with Gasteiger partial charge in [-0.25, -0.2) is 0 Å². The molecular formula is C16H16ClNO2. The largest absolute Gasteiger partial charge is 0.457 e. The Labute approximate surface area is 123 Å². The third kappa shape index (κ3) is 4.38. The van der Waals surface area contributed by atoms with Crippen LogP contribution in [0.1, 0.15) is 12.5 Å². The van der Waals surface area contributed by atoms with Crippen LogP contribution in [0.25, 0.3) is 6.08 Å². The SMILES string of the molecule is CC(C=Cc1cccc(Oc2ccc(Cl)cc2)c1)NO. The molecule has 20 heavy (non-hydrogen) atoms. The summed E-state index contributed by atoms with van der Waals surface area (Å²) in [5.41, 5.74) is 3.16. The van der Waals surface area contributed by atoms with E-state index in [1.807, 2.05) is 55.5 Å². The Morgan fingerprint density at radius 1 is 1.15 bits per heavy atom. The molecule has 0 aromatic heterocycles. The van der Waals surface area contributed by atoms with E-state index in [9.17, 15) is 0 Å². The number of hydrogen-bond donors (Lipinski definition) is 2. The highest BCUT2D eigenvalue weighted by molar-refractivity contribution is 6.30. The van der Waals surface area contributed by atoms with Crippen LogP contribution in [-0.4, -0.2) is 11.2 Å². The van der Waals surface area contributed by atoms with E-state index in [-0.39, 0.29) is 6.04 Å². The van der Waals surface area contributed by atoms with Gasteiger partial charge >= 0.3 is 0 Å². The maximum Gasteiger partial charge on any atom is 0.128 e. The van der Waals surface area contributed by atoms with Crippen LogP contribution in [-0.2, 0) is 0 Å². The first-order valence-electron chi connectivity index (χ1n) is 6.28. The topological polar surface area (TPSA) is 41.5 Å². The summed E-state index contributed by atoms with van der Waals surface area (Å²) in [4.78, 5) is 0. The summed E-state index contributed by atoms with van der Waals surface area (Å²) in [6.45, 7) is 1.85. The van der Waals surface area contributed by atoms with Gasteiger partial charge in [-0.2, -0.15) is 5.48 Å². The second-order valence-corrected chi connectivity index (χ2v) is 4.84. The number of halogens is 1. The van der Waals surface area contributed by atoms with E-state index in [4.69, 9.17) is 21.5 Å². The zero-order valence-corrected chi connectivity index (χ0v) is 11.8. The van der Waals surface area contributed by atoms with Crippen molar-refractivity contribution in [3.63, 3.8) is 0 Å². The Hall–Kier alpha value is -1.81. The van der Waals surface area contributed by atoms with E-state index in [0.29, 0.717) is 5.02 Å². The summed E-state index contributed by atoms with van der Waals surface area (Å²) < 4.78 is 5.75. The van der Waals surface area contributed by atoms with Crippen molar-refractivity contribution in [1.29, 1.82) is 0 Å². The molecular weight excluding hydrogens is 274 g/mol. The molecule has 2 aromatic rings. The fourth-order valence-electron chi connectivity index (χ4n) is 1.62. The molecule has 0 radical (unpaired) electrons. The second kappa shape index (κ2) is 7.10. The van der Waals surface area contributed by atoms with Gasteiger partial charge in [0.2, 0.25) is 0 Å². The lowest BCUT2D eigenvalue weighted by atomic mass is 10.2. The zero-order valence-electron chi connectivity index (χ0n) is 11.1. The Morgan fingerprint density at radius 3 is 2.60 bits per heavy atom. The molecule has 104 valence electrons. The first kappa shape index (κ1) is 14.6. The molecule has 0 saturated carbocycles. The lowest BCUT2D eigenvalue weighted by Gasteiger charge is -2.07. The van der Waals surface area contributed by atoms with Gasteiger partial charge in [0.05, 0.1) is 0 Å². The predicted octanol–water partition coefficient (Wildman–Crippen LogP) is 4.51. The maximum atomic E-state index is 8.75. The molecule has 0 aliphatic carbocycles. The van der Waals surface area contributed by atoms with Crippen LogP contribution in [0.2, 0.25) is 5.02 Å². The van der Waals surface area contributed by atoms with Crippen molar-refractivity contribution in [3.05, 3.63) is 65.2 Å². The van der Waals surface area contributed by atoms with Gasteiger partial charge in [0.25, 0.3) is 0 Å². The number of rotatable bonds is 5. The summed E-state index contributed by atoms with van der Waals surface area (Å²) >= 11 is 5.83. The quantitative estimate of drug-likeness (QED) is 0.796. The molecule has 1 unspecified atom stereocenters. The van der Waals surface area contributed by atoms with Crippen molar-refractivity contribution in [2.24, 2.45) is 0 Å². The Kier molecular flexibility index (Phi) is 5.18. The Morgan fingerprint density at radius 2 is 1.90 bits per heavy atom. The van der Waals surface area contributed by atoms with Crippen molar-refractivity contribution in [2.45, 2.75) is 13.0 Å². The second-order valence-electron chi connectivity index (χ2n) is 4.41. The van der Waals surface area contributed by atoms with Gasteiger partial charge in [-0.05, 0) is 48.9 Å². The van der Waals surface area contributed by atoms with E-state index in [2.05, 4.69) is 5.48 Å². The van der Waals surface area contributed by atoms with E-state index in [0.717, 1.165) is 17.1 Å². The molecule has 4 heteroatoms. The van der Waals surface area contributed by atoms with Crippen LogP contribution in [0.4, 0.5) is 0 Å². The number of nitrogens with one attached hydrogen (secondary N) is 1. The molecule has 0 bridgehead atoms. The molecule has 0 amide bonds. The zero-order chi connectivity index (χ0) is 14.4. The average molecular weight is 290 g/mol. The number of hydroxylamine groups is 1. The normalized spacial score (nSPS) is 12.6. The molecule has 0 aliphatic rings. The van der Waals surface area contributed by atoms with Gasteiger partial charge in [-0.3, -0.25) is 0 Å². The molecule has 1 atom stereocenters. The van der Waals surface area contributed by atoms with E-state index < -0.39 is 0 Å². The first-order chi connectivity index (χ1) is 9.67. The lowest BCUT2D eigenvalue weighted by molar-refractivity contribution is 0.150. The van der Waals surface area contributed by atoms with Gasteiger partial charge in [0.15, 0.2) is 0 Å². The van der Waals surface area contributed by atoms with Crippen molar-refractivity contribution < 1.29 is 9.94 Å². The lowest BCUT2D eigenvalue weighted by Crippen LogP contribution is -2.18. The van der Waals surface area contributed by atoms with Crippen molar-refractivity contribution in [2.75, 3.05) is 0 Å². The number of benzene rings is 2. The highest BCUT2D eigenvalue weighted by Gasteiger charge is 1.98. The summed E-state index contributed by atoms with van der Waals surface area (Å²) in [7, 11) is 0. The van der Waals surface area contributed by atoms with Gasteiger partial charge in [0.1, 0.15) is 11.5 Å². The summed E-state index contributed by atoms with van der Waals surface area (Å²) in [6, 6.07) is 14.8. The first-order valence-corrected chi connectivity index (χ1v) is 6.66. The smallest absolute Gasteiger partial charge is 0.128 e. The summed E-state index contributed by atoms with van der Waals surface area (Å²) in [5.74, 6) is 1.49. The van der Waals surface area contributed by atoms with Crippen molar-refractivity contribution in [3.8, 4) is 11.5 Å². The minimum atomic E-state index is -0.101. The van der Waals surface area contributed by atoms with Crippen molar-refractivity contribution >= 4 is 17.7 Å². The molecule has 0 spiro atoms. The average Bonchev–Trinajstić information content (AvgIpc) is 2.47. The molecule has 0 saturated heterocycles. The molecule has 0 fully saturated rings. The molecule has 2 rings (SSSR count). The van der Waals surface area contributed by atoms with Crippen LogP contribution in [0.5, 0.6) is 11.5 Å². The molecule has 0 aliphatic heterocycles.